The van der Waals surface area contributed by atoms with Crippen LogP contribution < -0.4 is 0 Å². The molecule has 0 saturated carbocycles. The van der Waals surface area contributed by atoms with Crippen LogP contribution >= 0.6 is 0 Å². The lowest BCUT2D eigenvalue weighted by Crippen LogP contribution is -2.16. The van der Waals surface area contributed by atoms with Crippen LogP contribution in [0.25, 0.3) is 0 Å². The summed E-state index contributed by atoms with van der Waals surface area (Å²) in [6.07, 6.45) is 10.4. The van der Waals surface area contributed by atoms with Gasteiger partial charge in [-0.25, -0.2) is 0 Å². The smallest absolute Gasteiger partial charge is 0.200 e. The lowest BCUT2D eigenvalue weighted by atomic mass is 10.3. The fourth-order valence-electron chi connectivity index (χ4n) is 0.775. The van der Waals surface area contributed by atoms with E-state index in [0.717, 1.165) is 12.8 Å². The summed E-state index contributed by atoms with van der Waals surface area (Å²) in [5.74, 6) is 2.39. The van der Waals surface area contributed by atoms with Gasteiger partial charge in [-0.2, -0.15) is 0 Å². The second-order valence-corrected chi connectivity index (χ2v) is 2.03. The summed E-state index contributed by atoms with van der Waals surface area (Å²) >= 11 is 0. The highest BCUT2D eigenvalue weighted by atomic mass is 16.7. The minimum Gasteiger partial charge on any atom is -0.473 e. The van der Waals surface area contributed by atoms with E-state index in [9.17, 15) is 0 Å². The van der Waals surface area contributed by atoms with E-state index in [2.05, 4.69) is 5.92 Å². The second kappa shape index (κ2) is 3.97. The highest BCUT2D eigenvalue weighted by Crippen LogP contribution is 2.10. The molecule has 0 aromatic rings. The van der Waals surface area contributed by atoms with Gasteiger partial charge in [-0.3, -0.25) is 0 Å². The predicted octanol–water partition coefficient (Wildman–Crippen LogP) is 1.29. The van der Waals surface area contributed by atoms with Crippen LogP contribution in [0.15, 0.2) is 12.3 Å². The number of hydrogen-bond donors (Lipinski definition) is 0. The molecule has 0 aliphatic carbocycles. The van der Waals surface area contributed by atoms with Gasteiger partial charge in [0.15, 0.2) is 6.29 Å². The maximum atomic E-state index is 5.12. The Bertz CT molecular complexity index is 155. The first kappa shape index (κ1) is 7.17. The van der Waals surface area contributed by atoms with Crippen LogP contribution in [0.1, 0.15) is 12.8 Å². The Morgan fingerprint density at radius 2 is 2.70 bits per heavy atom. The quantitative estimate of drug-likeness (QED) is 0.535. The zero-order chi connectivity index (χ0) is 7.23. The molecule has 0 aromatic carbocycles. The molecule has 2 heteroatoms. The maximum absolute atomic E-state index is 5.12. The number of terminal acetylenes is 1. The van der Waals surface area contributed by atoms with E-state index in [1.807, 2.05) is 6.08 Å². The van der Waals surface area contributed by atoms with E-state index in [-0.39, 0.29) is 6.29 Å². The van der Waals surface area contributed by atoms with E-state index in [0.29, 0.717) is 6.61 Å². The average Bonchev–Trinajstić information content (AvgIpc) is 2.03. The molecule has 1 aliphatic rings. The zero-order valence-corrected chi connectivity index (χ0v) is 5.75. The van der Waals surface area contributed by atoms with Gasteiger partial charge in [0, 0.05) is 6.42 Å². The molecule has 2 nitrogen and oxygen atoms in total. The molecule has 0 bridgehead atoms. The summed E-state index contributed by atoms with van der Waals surface area (Å²) in [5, 5.41) is 0. The van der Waals surface area contributed by atoms with Gasteiger partial charge < -0.3 is 9.47 Å². The molecule has 0 fully saturated rings. The normalized spacial score (nSPS) is 23.3. The van der Waals surface area contributed by atoms with Crippen LogP contribution in [0.5, 0.6) is 0 Å². The van der Waals surface area contributed by atoms with Gasteiger partial charge in [0.2, 0.25) is 0 Å². The Labute approximate surface area is 60.8 Å². The van der Waals surface area contributed by atoms with Crippen molar-refractivity contribution >= 4 is 0 Å². The molecule has 10 heavy (non-hydrogen) atoms. The highest BCUT2D eigenvalue weighted by molar-refractivity contribution is 4.84. The molecule has 54 valence electrons. The van der Waals surface area contributed by atoms with Crippen molar-refractivity contribution in [3.05, 3.63) is 12.3 Å². The topological polar surface area (TPSA) is 18.5 Å². The molecular formula is C8H10O2. The molecule has 1 unspecified atom stereocenters. The van der Waals surface area contributed by atoms with Crippen LogP contribution in [-0.4, -0.2) is 12.9 Å². The second-order valence-electron chi connectivity index (χ2n) is 2.03. The Morgan fingerprint density at radius 1 is 1.80 bits per heavy atom. The molecule has 1 aliphatic heterocycles. The molecular weight excluding hydrogens is 128 g/mol. The number of rotatable bonds is 2. The lowest BCUT2D eigenvalue weighted by Gasteiger charge is -2.17. The summed E-state index contributed by atoms with van der Waals surface area (Å²) in [4.78, 5) is 0. The molecule has 1 rings (SSSR count). The lowest BCUT2D eigenvalue weighted by molar-refractivity contribution is -0.104. The summed E-state index contributed by atoms with van der Waals surface area (Å²) in [6.45, 7) is 0.332. The van der Waals surface area contributed by atoms with Gasteiger partial charge in [0.25, 0.3) is 0 Å². The van der Waals surface area contributed by atoms with Crippen molar-refractivity contribution in [2.75, 3.05) is 6.61 Å². The highest BCUT2D eigenvalue weighted by Gasteiger charge is 2.08. The third-order valence-corrected chi connectivity index (χ3v) is 1.25. The Balaban J connectivity index is 2.17. The molecule has 1 atom stereocenters. The molecule has 1 heterocycles. The summed E-state index contributed by atoms with van der Waals surface area (Å²) in [6, 6.07) is 0. The molecule has 0 amide bonds. The van der Waals surface area contributed by atoms with Crippen molar-refractivity contribution in [3.63, 3.8) is 0 Å². The SMILES string of the molecule is C#CCOC1CCC=CO1. The molecule has 0 radical (unpaired) electrons. The van der Waals surface area contributed by atoms with Gasteiger partial charge in [-0.05, 0) is 12.5 Å². The fraction of sp³-hybridized carbons (Fsp3) is 0.500. The standard InChI is InChI=1S/C8H10O2/c1-2-6-9-8-5-3-4-7-10-8/h1,4,7-8H,3,5-6H2. The van der Waals surface area contributed by atoms with E-state index < -0.39 is 0 Å². The monoisotopic (exact) mass is 138 g/mol. The van der Waals surface area contributed by atoms with Crippen molar-refractivity contribution in [2.45, 2.75) is 19.1 Å². The van der Waals surface area contributed by atoms with Crippen LogP contribution in [0.4, 0.5) is 0 Å². The number of allylic oxidation sites excluding steroid dienone is 1. The van der Waals surface area contributed by atoms with Crippen LogP contribution in [-0.2, 0) is 9.47 Å². The van der Waals surface area contributed by atoms with Gasteiger partial charge in [-0.15, -0.1) is 6.42 Å². The zero-order valence-electron chi connectivity index (χ0n) is 5.75. The minimum absolute atomic E-state index is 0.124. The van der Waals surface area contributed by atoms with E-state index in [4.69, 9.17) is 15.9 Å². The van der Waals surface area contributed by atoms with Crippen LogP contribution in [0.3, 0.4) is 0 Å². The largest absolute Gasteiger partial charge is 0.473 e. The Morgan fingerprint density at radius 3 is 3.30 bits per heavy atom. The molecule has 0 saturated heterocycles. The van der Waals surface area contributed by atoms with Crippen molar-refractivity contribution in [1.29, 1.82) is 0 Å². The molecule has 0 spiro atoms. The molecule has 0 N–H and O–H groups in total. The van der Waals surface area contributed by atoms with E-state index in [1.165, 1.54) is 0 Å². The summed E-state index contributed by atoms with van der Waals surface area (Å²) < 4.78 is 10.2. The van der Waals surface area contributed by atoms with Crippen molar-refractivity contribution in [2.24, 2.45) is 0 Å². The van der Waals surface area contributed by atoms with E-state index in [1.54, 1.807) is 6.26 Å². The summed E-state index contributed by atoms with van der Waals surface area (Å²) in [7, 11) is 0. The van der Waals surface area contributed by atoms with E-state index >= 15 is 0 Å². The number of hydrogen-bond acceptors (Lipinski definition) is 2. The third kappa shape index (κ3) is 2.12. The van der Waals surface area contributed by atoms with Crippen molar-refractivity contribution in [1.82, 2.24) is 0 Å². The fourth-order valence-corrected chi connectivity index (χ4v) is 0.775. The average molecular weight is 138 g/mol. The first-order valence-corrected chi connectivity index (χ1v) is 3.29. The van der Waals surface area contributed by atoms with Gasteiger partial charge in [0.05, 0.1) is 6.26 Å². The maximum Gasteiger partial charge on any atom is 0.200 e. The van der Waals surface area contributed by atoms with Crippen LogP contribution in [0, 0.1) is 12.3 Å². The van der Waals surface area contributed by atoms with Crippen LogP contribution in [0.2, 0.25) is 0 Å². The third-order valence-electron chi connectivity index (χ3n) is 1.25. The first-order valence-electron chi connectivity index (χ1n) is 3.29. The molecule has 0 aromatic heterocycles. The summed E-state index contributed by atoms with van der Waals surface area (Å²) in [5.41, 5.74) is 0. The predicted molar refractivity (Wildman–Crippen MR) is 38.0 cm³/mol. The van der Waals surface area contributed by atoms with Gasteiger partial charge >= 0.3 is 0 Å². The first-order chi connectivity index (χ1) is 4.93. The van der Waals surface area contributed by atoms with Gasteiger partial charge in [0.1, 0.15) is 6.61 Å². The van der Waals surface area contributed by atoms with Gasteiger partial charge in [-0.1, -0.05) is 5.92 Å². The minimum atomic E-state index is -0.124. The van der Waals surface area contributed by atoms with Crippen molar-refractivity contribution < 1.29 is 9.47 Å². The Kier molecular flexibility index (Phi) is 2.85. The Hall–Kier alpha value is -0.940. The number of ether oxygens (including phenoxy) is 2. The van der Waals surface area contributed by atoms with Crippen molar-refractivity contribution in [3.8, 4) is 12.3 Å².